The summed E-state index contributed by atoms with van der Waals surface area (Å²) in [6.07, 6.45) is 11.3. The van der Waals surface area contributed by atoms with Crippen molar-refractivity contribution in [3.8, 4) is 0 Å². The number of Topliss-reactive ketones (excluding diaryl/α,β-unsaturated/α-hetero) is 1. The van der Waals surface area contributed by atoms with Crippen LogP contribution in [0.1, 0.15) is 51.3 Å². The molecule has 1 heterocycles. The quantitative estimate of drug-likeness (QED) is 0.802. The average Bonchev–Trinajstić information content (AvgIpc) is 2.76. The van der Waals surface area contributed by atoms with Crippen LogP contribution in [0.15, 0.2) is 12.4 Å². The Morgan fingerprint density at radius 1 is 1.44 bits per heavy atom. The van der Waals surface area contributed by atoms with Gasteiger partial charge in [0.2, 0.25) is 0 Å². The fourth-order valence-corrected chi connectivity index (χ4v) is 3.09. The van der Waals surface area contributed by atoms with Gasteiger partial charge in [-0.1, -0.05) is 19.8 Å². The second-order valence-corrected chi connectivity index (χ2v) is 5.59. The SMILES string of the molecule is CCCC1CCC(=O)C(CCc2nccn2C)C1. The van der Waals surface area contributed by atoms with E-state index in [4.69, 9.17) is 0 Å². The molecule has 1 aromatic rings. The number of carbonyl (C=O) groups is 1. The van der Waals surface area contributed by atoms with Crippen LogP contribution in [0.25, 0.3) is 0 Å². The summed E-state index contributed by atoms with van der Waals surface area (Å²) in [6, 6.07) is 0. The topological polar surface area (TPSA) is 34.9 Å². The predicted octanol–water partition coefficient (Wildman–Crippen LogP) is 3.14. The van der Waals surface area contributed by atoms with E-state index >= 15 is 0 Å². The van der Waals surface area contributed by atoms with E-state index in [9.17, 15) is 4.79 Å². The van der Waals surface area contributed by atoms with Crippen molar-refractivity contribution in [1.29, 1.82) is 0 Å². The molecule has 18 heavy (non-hydrogen) atoms. The molecular weight excluding hydrogens is 224 g/mol. The van der Waals surface area contributed by atoms with Crippen LogP contribution in [0.4, 0.5) is 0 Å². The van der Waals surface area contributed by atoms with E-state index in [0.717, 1.165) is 43.8 Å². The van der Waals surface area contributed by atoms with Gasteiger partial charge < -0.3 is 4.57 Å². The molecule has 0 aromatic carbocycles. The zero-order valence-electron chi connectivity index (χ0n) is 11.6. The summed E-state index contributed by atoms with van der Waals surface area (Å²) in [5.74, 6) is 2.64. The van der Waals surface area contributed by atoms with Crippen molar-refractivity contribution in [1.82, 2.24) is 9.55 Å². The van der Waals surface area contributed by atoms with Crippen LogP contribution in [0.5, 0.6) is 0 Å². The Kier molecular flexibility index (Phi) is 4.56. The fourth-order valence-electron chi connectivity index (χ4n) is 3.09. The van der Waals surface area contributed by atoms with E-state index in [1.165, 1.54) is 12.8 Å². The number of rotatable bonds is 5. The van der Waals surface area contributed by atoms with E-state index < -0.39 is 0 Å². The van der Waals surface area contributed by atoms with Crippen LogP contribution in [0.2, 0.25) is 0 Å². The lowest BCUT2D eigenvalue weighted by Crippen LogP contribution is -2.25. The molecule has 2 atom stereocenters. The monoisotopic (exact) mass is 248 g/mol. The van der Waals surface area contributed by atoms with Crippen molar-refractivity contribution in [2.24, 2.45) is 18.9 Å². The van der Waals surface area contributed by atoms with Gasteiger partial charge in [-0.3, -0.25) is 4.79 Å². The van der Waals surface area contributed by atoms with E-state index in [-0.39, 0.29) is 5.92 Å². The minimum atomic E-state index is 0.284. The molecule has 0 N–H and O–H groups in total. The number of carbonyl (C=O) groups excluding carboxylic acids is 1. The number of nitrogens with zero attached hydrogens (tertiary/aromatic N) is 2. The number of ketones is 1. The Morgan fingerprint density at radius 2 is 2.28 bits per heavy atom. The first-order chi connectivity index (χ1) is 8.70. The Labute approximate surface area is 110 Å². The molecule has 1 fully saturated rings. The standard InChI is InChI=1S/C15H24N2O/c1-3-4-12-5-7-14(18)13(11-12)6-8-15-16-9-10-17(15)2/h9-10,12-13H,3-8,11H2,1-2H3. The lowest BCUT2D eigenvalue weighted by molar-refractivity contribution is -0.125. The van der Waals surface area contributed by atoms with Crippen LogP contribution in [-0.2, 0) is 18.3 Å². The molecule has 2 unspecified atom stereocenters. The zero-order chi connectivity index (χ0) is 13.0. The van der Waals surface area contributed by atoms with Gasteiger partial charge in [-0.15, -0.1) is 0 Å². The summed E-state index contributed by atoms with van der Waals surface area (Å²) in [5.41, 5.74) is 0. The highest BCUT2D eigenvalue weighted by Gasteiger charge is 2.28. The van der Waals surface area contributed by atoms with Gasteiger partial charge in [0.1, 0.15) is 11.6 Å². The molecule has 1 aromatic heterocycles. The highest BCUT2D eigenvalue weighted by atomic mass is 16.1. The van der Waals surface area contributed by atoms with Gasteiger partial charge in [0.15, 0.2) is 0 Å². The highest BCUT2D eigenvalue weighted by molar-refractivity contribution is 5.81. The molecule has 0 aliphatic heterocycles. The largest absolute Gasteiger partial charge is 0.338 e. The molecule has 1 aliphatic carbocycles. The van der Waals surface area contributed by atoms with Crippen molar-refractivity contribution in [2.45, 2.75) is 51.9 Å². The second-order valence-electron chi connectivity index (χ2n) is 5.59. The van der Waals surface area contributed by atoms with Crippen LogP contribution in [0, 0.1) is 11.8 Å². The van der Waals surface area contributed by atoms with Crippen molar-refractivity contribution in [3.63, 3.8) is 0 Å². The molecule has 1 saturated carbocycles. The van der Waals surface area contributed by atoms with Crippen LogP contribution >= 0.6 is 0 Å². The Morgan fingerprint density at radius 3 is 2.94 bits per heavy atom. The maximum Gasteiger partial charge on any atom is 0.136 e. The average molecular weight is 248 g/mol. The number of hydrogen-bond donors (Lipinski definition) is 0. The van der Waals surface area contributed by atoms with Gasteiger partial charge >= 0.3 is 0 Å². The van der Waals surface area contributed by atoms with Crippen molar-refractivity contribution in [2.75, 3.05) is 0 Å². The van der Waals surface area contributed by atoms with E-state index in [1.807, 2.05) is 19.4 Å². The summed E-state index contributed by atoms with van der Waals surface area (Å²) in [5, 5.41) is 0. The number of imidazole rings is 1. The van der Waals surface area contributed by atoms with Gasteiger partial charge in [0.05, 0.1) is 0 Å². The first-order valence-corrected chi connectivity index (χ1v) is 7.19. The molecule has 1 aliphatic rings. The third kappa shape index (κ3) is 3.21. The number of aryl methyl sites for hydroxylation is 2. The van der Waals surface area contributed by atoms with Crippen molar-refractivity contribution < 1.29 is 4.79 Å². The van der Waals surface area contributed by atoms with Gasteiger partial charge in [-0.25, -0.2) is 4.98 Å². The van der Waals surface area contributed by atoms with E-state index in [0.29, 0.717) is 5.78 Å². The smallest absolute Gasteiger partial charge is 0.136 e. The van der Waals surface area contributed by atoms with E-state index in [1.54, 1.807) is 0 Å². The lowest BCUT2D eigenvalue weighted by atomic mass is 9.77. The fraction of sp³-hybridized carbons (Fsp3) is 0.733. The third-order valence-electron chi connectivity index (χ3n) is 4.21. The van der Waals surface area contributed by atoms with Gasteiger partial charge in [-0.2, -0.15) is 0 Å². The molecule has 0 spiro atoms. The summed E-state index contributed by atoms with van der Waals surface area (Å²) in [6.45, 7) is 2.24. The predicted molar refractivity (Wildman–Crippen MR) is 72.3 cm³/mol. The summed E-state index contributed by atoms with van der Waals surface area (Å²) >= 11 is 0. The molecule has 0 bridgehead atoms. The first-order valence-electron chi connectivity index (χ1n) is 7.19. The Hall–Kier alpha value is -1.12. The van der Waals surface area contributed by atoms with Gasteiger partial charge in [0, 0.05) is 38.2 Å². The summed E-state index contributed by atoms with van der Waals surface area (Å²) in [7, 11) is 2.02. The van der Waals surface area contributed by atoms with Crippen LogP contribution < -0.4 is 0 Å². The Bertz CT molecular complexity index is 397. The number of aromatic nitrogens is 2. The van der Waals surface area contributed by atoms with Gasteiger partial charge in [-0.05, 0) is 25.2 Å². The van der Waals surface area contributed by atoms with Crippen LogP contribution in [-0.4, -0.2) is 15.3 Å². The van der Waals surface area contributed by atoms with Crippen molar-refractivity contribution in [3.05, 3.63) is 18.2 Å². The second kappa shape index (κ2) is 6.17. The van der Waals surface area contributed by atoms with Crippen molar-refractivity contribution >= 4 is 5.78 Å². The number of hydrogen-bond acceptors (Lipinski definition) is 2. The molecule has 2 rings (SSSR count). The minimum absolute atomic E-state index is 0.284. The summed E-state index contributed by atoms with van der Waals surface area (Å²) < 4.78 is 2.05. The first kappa shape index (κ1) is 13.3. The highest BCUT2D eigenvalue weighted by Crippen LogP contribution is 2.32. The van der Waals surface area contributed by atoms with Gasteiger partial charge in [0.25, 0.3) is 0 Å². The summed E-state index contributed by atoms with van der Waals surface area (Å²) in [4.78, 5) is 16.3. The maximum atomic E-state index is 12.0. The molecule has 0 amide bonds. The zero-order valence-corrected chi connectivity index (χ0v) is 11.6. The molecule has 0 radical (unpaired) electrons. The third-order valence-corrected chi connectivity index (χ3v) is 4.21. The molecule has 0 saturated heterocycles. The normalized spacial score (nSPS) is 24.4. The van der Waals surface area contributed by atoms with E-state index in [2.05, 4.69) is 16.5 Å². The molecule has 3 heteroatoms. The molecule has 100 valence electrons. The lowest BCUT2D eigenvalue weighted by Gasteiger charge is -2.27. The molecular formula is C15H24N2O. The van der Waals surface area contributed by atoms with Crippen LogP contribution in [0.3, 0.4) is 0 Å². The molecule has 3 nitrogen and oxygen atoms in total. The maximum absolute atomic E-state index is 12.0. The Balaban J connectivity index is 1.87. The minimum Gasteiger partial charge on any atom is -0.338 e.